The lowest BCUT2D eigenvalue weighted by atomic mass is 10.0. The molecule has 0 amide bonds. The summed E-state index contributed by atoms with van der Waals surface area (Å²) in [4.78, 5) is 20.0. The molecule has 18 heteroatoms. The summed E-state index contributed by atoms with van der Waals surface area (Å²) in [7, 11) is 14.6. The molecule has 0 unspecified atom stereocenters. The first-order valence-corrected chi connectivity index (χ1v) is 39.7. The van der Waals surface area contributed by atoms with Gasteiger partial charge in [-0.3, -0.25) is 0 Å². The highest BCUT2D eigenvalue weighted by molar-refractivity contribution is 5.70. The maximum atomic E-state index is 9.98. The number of aliphatic hydroxyl groups is 10. The van der Waals surface area contributed by atoms with E-state index in [1.807, 2.05) is 0 Å². The van der Waals surface area contributed by atoms with Gasteiger partial charge in [-0.15, -0.1) is 0 Å². The van der Waals surface area contributed by atoms with Crippen molar-refractivity contribution in [3.8, 4) is 0 Å². The zero-order valence-corrected chi connectivity index (χ0v) is 65.8. The molecule has 0 aliphatic carbocycles. The number of halogens is 1. The van der Waals surface area contributed by atoms with Crippen molar-refractivity contribution in [1.82, 2.24) is 0 Å². The Morgan fingerprint density at radius 1 is 0.250 bits per heavy atom. The normalized spacial score (nSPS) is 14.1. The summed E-state index contributed by atoms with van der Waals surface area (Å²) in [6.45, 7) is 20.3. The van der Waals surface area contributed by atoms with Gasteiger partial charge in [-0.05, 0) is 77.0 Å². The minimum Gasteiger partial charge on any atom is -1.00 e. The van der Waals surface area contributed by atoms with Crippen LogP contribution in [-0.4, -0.2) is 220 Å². The molecular weight excluding hydrogens is 1240 g/mol. The highest BCUT2D eigenvalue weighted by Gasteiger charge is 2.31. The van der Waals surface area contributed by atoms with E-state index in [9.17, 15) is 19.8 Å². The molecule has 0 aromatic carbocycles. The Kier molecular flexibility index (Phi) is 84.1. The van der Waals surface area contributed by atoms with Gasteiger partial charge in [-0.1, -0.05) is 273 Å². The lowest BCUT2D eigenvalue weighted by Gasteiger charge is -2.30. The van der Waals surface area contributed by atoms with Gasteiger partial charge in [-0.25, -0.2) is 0 Å². The summed E-state index contributed by atoms with van der Waals surface area (Å²) in [5.41, 5.74) is 0. The summed E-state index contributed by atoms with van der Waals surface area (Å²) in [5, 5.41) is 107. The third-order valence-corrected chi connectivity index (χ3v) is 18.7. The number of unbranched alkanes of at least 4 members (excludes halogenated alkanes) is 42. The fourth-order valence-corrected chi connectivity index (χ4v) is 11.7. The first kappa shape index (κ1) is 106. The molecule has 17 nitrogen and oxygen atoms in total. The molecule has 0 heterocycles. The van der Waals surface area contributed by atoms with E-state index in [0.29, 0.717) is 0 Å². The van der Waals surface area contributed by atoms with E-state index >= 15 is 0 Å². The molecule has 0 fully saturated rings. The second kappa shape index (κ2) is 76.4. The average Bonchev–Trinajstić information content (AvgIpc) is 1.20. The average molecular weight is 1410 g/mol. The van der Waals surface area contributed by atoms with Gasteiger partial charge in [0, 0.05) is 0 Å². The first-order valence-electron chi connectivity index (χ1n) is 39.7. The Labute approximate surface area is 599 Å². The van der Waals surface area contributed by atoms with Gasteiger partial charge in [-0.2, -0.15) is 0 Å². The van der Waals surface area contributed by atoms with E-state index in [4.69, 9.17) is 51.1 Å². The number of hydrogen-bond donors (Lipinski definition) is 10. The third-order valence-electron chi connectivity index (χ3n) is 18.7. The summed E-state index contributed by atoms with van der Waals surface area (Å²) in [6, 6.07) is 0. The molecule has 0 aliphatic heterocycles. The number of carboxylic acids is 2. The van der Waals surface area contributed by atoms with Gasteiger partial charge in [0.1, 0.15) is 48.8 Å². The molecule has 584 valence electrons. The van der Waals surface area contributed by atoms with E-state index in [2.05, 4.69) is 83.8 Å². The predicted octanol–water partition coefficient (Wildman–Crippen LogP) is 9.38. The lowest BCUT2D eigenvalue weighted by molar-refractivity contribution is -0.890. The van der Waals surface area contributed by atoms with Crippen LogP contribution in [0.3, 0.4) is 0 Å². The van der Waals surface area contributed by atoms with Crippen molar-refractivity contribution in [2.24, 2.45) is 0 Å². The number of aliphatic carboxylic acids is 2. The molecule has 0 radical (unpaired) electrons. The topological polar surface area (TPSA) is 283 Å². The van der Waals surface area contributed by atoms with E-state index < -0.39 is 74.0 Å². The van der Waals surface area contributed by atoms with Crippen molar-refractivity contribution in [2.45, 2.75) is 399 Å². The van der Waals surface area contributed by atoms with Gasteiger partial charge >= 0.3 is 0 Å². The number of carbonyl (C=O) groups excluding carboxylic acids is 2. The quantitative estimate of drug-likeness (QED) is 0.0201. The van der Waals surface area contributed by atoms with Gasteiger partial charge in [0.15, 0.2) is 0 Å². The van der Waals surface area contributed by atoms with E-state index in [-0.39, 0.29) is 12.4 Å². The van der Waals surface area contributed by atoms with Crippen LogP contribution in [0.4, 0.5) is 0 Å². The van der Waals surface area contributed by atoms with E-state index in [0.717, 1.165) is 0 Å². The maximum absolute atomic E-state index is 9.98. The number of nitrogens with zero attached hydrogens (tertiary/aromatic N) is 3. The Bertz CT molecular complexity index is 1340. The third kappa shape index (κ3) is 76.9. The fourth-order valence-electron chi connectivity index (χ4n) is 11.7. The van der Waals surface area contributed by atoms with Crippen molar-refractivity contribution in [2.75, 3.05) is 94.8 Å². The first-order chi connectivity index (χ1) is 45.2. The predicted molar refractivity (Wildman–Crippen MR) is 393 cm³/mol. The minimum absolute atomic E-state index is 0. The molecule has 8 atom stereocenters. The Morgan fingerprint density at radius 3 is 0.490 bits per heavy atom. The molecule has 0 saturated carbocycles. The summed E-state index contributed by atoms with van der Waals surface area (Å²) >= 11 is 0. The fraction of sp³-hybridized carbons (Fsp3) is 0.974. The molecule has 0 aliphatic rings. The zero-order valence-electron chi connectivity index (χ0n) is 65.0. The SMILES string of the molecule is CCCCCCCCCC[N+](C)(C)CCCCCCCCCC.CCCCCCCCCC[N+](C)(C)CCCCCCCCCC.CCCCCCCCCC[N+](C)(C)CCCCCCCCCC.O=C([O-])[C@H](O)[C@@H](O)[C@H](O)[C@H](O)CO.O=C([O-])[C@H](O)[C@@H](O)[C@H](O)[C@H](O)CO.[Cl-]. The zero-order chi connectivity index (χ0) is 72.9. The maximum Gasteiger partial charge on any atom is 0.122 e. The molecule has 0 aromatic heterocycles. The van der Waals surface area contributed by atoms with Gasteiger partial charge in [0.25, 0.3) is 0 Å². The number of carbonyl (C=O) groups is 2. The number of quaternary nitrogens is 3. The standard InChI is InChI=1S/3C22H48N.2C6H12O7.ClH/c3*1-5-7-9-11-13-15-17-19-21-23(3,4)22-20-18-16-14-12-10-8-6-2;2*7-1-2(8)3(9)4(10)5(11)6(12)13;/h3*5-22H2,1-4H3;2*2-5,7-11H,1H2,(H,12,13);1H/q3*+1;;;/p-3/t;;;2*2-,3-,4+,5-;/m...11./s1. The summed E-state index contributed by atoms with van der Waals surface area (Å²) in [5.74, 6) is -3.95. The van der Waals surface area contributed by atoms with Crippen molar-refractivity contribution in [1.29, 1.82) is 0 Å². The van der Waals surface area contributed by atoms with Crippen LogP contribution in [0.2, 0.25) is 0 Å². The van der Waals surface area contributed by atoms with Crippen LogP contribution in [0.5, 0.6) is 0 Å². The van der Waals surface area contributed by atoms with Gasteiger partial charge in [0.05, 0.1) is 107 Å². The smallest absolute Gasteiger partial charge is 0.122 e. The van der Waals surface area contributed by atoms with Crippen LogP contribution in [0.15, 0.2) is 0 Å². The highest BCUT2D eigenvalue weighted by Crippen LogP contribution is 2.18. The Balaban J connectivity index is -0.000000268. The Morgan fingerprint density at radius 2 is 0.375 bits per heavy atom. The highest BCUT2D eigenvalue weighted by atomic mass is 35.5. The number of aliphatic hydroxyl groups excluding tert-OH is 10. The minimum atomic E-state index is -2.31. The van der Waals surface area contributed by atoms with Gasteiger partial charge < -0.3 is 96.7 Å². The number of hydrogen-bond acceptors (Lipinski definition) is 14. The molecule has 0 bridgehead atoms. The molecule has 96 heavy (non-hydrogen) atoms. The van der Waals surface area contributed by atoms with Crippen LogP contribution >= 0.6 is 0 Å². The van der Waals surface area contributed by atoms with Crippen LogP contribution in [0.1, 0.15) is 350 Å². The Hall–Kier alpha value is -1.29. The van der Waals surface area contributed by atoms with Gasteiger partial charge in [0.2, 0.25) is 0 Å². The van der Waals surface area contributed by atoms with Crippen LogP contribution in [0, 0.1) is 0 Å². The van der Waals surface area contributed by atoms with Crippen LogP contribution in [-0.2, 0) is 9.59 Å². The summed E-state index contributed by atoms with van der Waals surface area (Å²) < 4.78 is 3.73. The molecule has 10 N–H and O–H groups in total. The molecule has 0 saturated heterocycles. The second-order valence-electron chi connectivity index (χ2n) is 30.0. The van der Waals surface area contributed by atoms with E-state index in [1.165, 1.54) is 361 Å². The molecule has 0 aromatic rings. The number of carboxylic acid groups (broad SMARTS) is 2. The van der Waals surface area contributed by atoms with Crippen molar-refractivity contribution < 1.29 is 96.7 Å². The molecule has 0 rings (SSSR count). The van der Waals surface area contributed by atoms with E-state index in [1.54, 1.807) is 0 Å². The van der Waals surface area contributed by atoms with Crippen molar-refractivity contribution in [3.63, 3.8) is 0 Å². The largest absolute Gasteiger partial charge is 1.00 e. The lowest BCUT2D eigenvalue weighted by Crippen LogP contribution is -3.00. The van der Waals surface area contributed by atoms with Crippen LogP contribution < -0.4 is 22.6 Å². The second-order valence-corrected chi connectivity index (χ2v) is 30.0. The van der Waals surface area contributed by atoms with Crippen molar-refractivity contribution >= 4 is 11.9 Å². The van der Waals surface area contributed by atoms with Crippen LogP contribution in [0.25, 0.3) is 0 Å². The van der Waals surface area contributed by atoms with Crippen molar-refractivity contribution in [3.05, 3.63) is 0 Å². The number of rotatable bonds is 64. The summed E-state index contributed by atoms with van der Waals surface area (Å²) in [6.07, 6.45) is 52.9. The molecule has 0 spiro atoms. The molecular formula is C78H166ClN3O14. The monoisotopic (exact) mass is 1400 g/mol.